The quantitative estimate of drug-likeness (QED) is 0.0270. The Kier molecular flexibility index (Phi) is 38.8. The first-order valence-electron chi connectivity index (χ1n) is 24.2. The highest BCUT2D eigenvalue weighted by atomic mass is 16.7. The number of hydrogen-bond acceptors (Lipinski definition) is 9. The predicted molar refractivity (Wildman–Crippen MR) is 242 cm³/mol. The second-order valence-corrected chi connectivity index (χ2v) is 16.6. The summed E-state index contributed by atoms with van der Waals surface area (Å²) in [6.07, 6.45) is 44.2. The number of unbranched alkanes of at least 4 members (excludes halogenated alkanes) is 22. The Hall–Kier alpha value is -1.85. The third-order valence-corrected chi connectivity index (χ3v) is 11.0. The van der Waals surface area contributed by atoms with Gasteiger partial charge in [-0.1, -0.05) is 165 Å². The van der Waals surface area contributed by atoms with Gasteiger partial charge in [0.25, 0.3) is 0 Å². The fourth-order valence-corrected chi connectivity index (χ4v) is 7.14. The molecule has 0 aromatic carbocycles. The van der Waals surface area contributed by atoms with Gasteiger partial charge in [-0.2, -0.15) is 0 Å². The van der Waals surface area contributed by atoms with E-state index in [1.807, 2.05) is 0 Å². The zero-order valence-corrected chi connectivity index (χ0v) is 37.7. The number of allylic oxidation sites excluding steroid dienone is 8. The van der Waals surface area contributed by atoms with Gasteiger partial charge in [0.15, 0.2) is 6.29 Å². The van der Waals surface area contributed by atoms with Gasteiger partial charge in [-0.05, 0) is 77.0 Å². The van der Waals surface area contributed by atoms with E-state index in [1.165, 1.54) is 122 Å². The highest BCUT2D eigenvalue weighted by molar-refractivity contribution is 5.69. The van der Waals surface area contributed by atoms with Crippen LogP contribution in [0.4, 0.5) is 0 Å². The second-order valence-electron chi connectivity index (χ2n) is 16.6. The fourth-order valence-electron chi connectivity index (χ4n) is 7.14. The lowest BCUT2D eigenvalue weighted by Crippen LogP contribution is -2.59. The van der Waals surface area contributed by atoms with Crippen molar-refractivity contribution in [1.29, 1.82) is 0 Å². The molecular formula is C50H90O9. The molecule has 6 unspecified atom stereocenters. The standard InChI is InChI=1S/C50H90O9/c1-3-5-7-9-11-13-15-17-19-21-22-23-25-27-29-31-33-35-37-39-46(52)58-44(43-57-50-49(55)48(54)47(53)45(41-51)59-50)42-56-40-38-36-34-32-30-28-26-24-20-18-16-14-12-10-8-6-4-2/h11,13-14,16-17,19-20,24,44-45,47-51,53-55H,3-10,12,15,18,21-23,25-43H2,1-2H3/b13-11-,16-14-,19-17-,24-20-. The van der Waals surface area contributed by atoms with Gasteiger partial charge in [0.2, 0.25) is 0 Å². The molecule has 0 aliphatic carbocycles. The van der Waals surface area contributed by atoms with Crippen LogP contribution in [0.2, 0.25) is 0 Å². The number of esters is 1. The monoisotopic (exact) mass is 835 g/mol. The van der Waals surface area contributed by atoms with Crippen molar-refractivity contribution in [1.82, 2.24) is 0 Å². The van der Waals surface area contributed by atoms with E-state index in [-0.39, 0.29) is 19.2 Å². The van der Waals surface area contributed by atoms with Crippen LogP contribution in [0, 0.1) is 0 Å². The largest absolute Gasteiger partial charge is 0.457 e. The van der Waals surface area contributed by atoms with Gasteiger partial charge in [-0.3, -0.25) is 4.79 Å². The molecule has 0 amide bonds. The van der Waals surface area contributed by atoms with E-state index < -0.39 is 43.4 Å². The maximum atomic E-state index is 12.8. The third kappa shape index (κ3) is 32.5. The lowest BCUT2D eigenvalue weighted by Gasteiger charge is -2.39. The predicted octanol–water partition coefficient (Wildman–Crippen LogP) is 11.3. The van der Waals surface area contributed by atoms with Gasteiger partial charge < -0.3 is 39.4 Å². The highest BCUT2D eigenvalue weighted by Crippen LogP contribution is 2.22. The topological polar surface area (TPSA) is 135 Å². The first kappa shape index (κ1) is 55.2. The van der Waals surface area contributed by atoms with Crippen molar-refractivity contribution >= 4 is 5.97 Å². The van der Waals surface area contributed by atoms with Crippen LogP contribution in [-0.4, -0.2) is 89.6 Å². The van der Waals surface area contributed by atoms with E-state index in [2.05, 4.69) is 62.5 Å². The Labute approximate surface area is 361 Å². The summed E-state index contributed by atoms with van der Waals surface area (Å²) in [7, 11) is 0. The number of rotatable bonds is 41. The van der Waals surface area contributed by atoms with Crippen molar-refractivity contribution in [3.05, 3.63) is 48.6 Å². The van der Waals surface area contributed by atoms with Crippen molar-refractivity contribution in [2.75, 3.05) is 26.4 Å². The van der Waals surface area contributed by atoms with Gasteiger partial charge in [-0.25, -0.2) is 0 Å². The Bertz CT molecular complexity index is 1040. The molecule has 0 saturated carbocycles. The maximum Gasteiger partial charge on any atom is 0.306 e. The van der Waals surface area contributed by atoms with Crippen LogP contribution in [0.5, 0.6) is 0 Å². The van der Waals surface area contributed by atoms with Crippen molar-refractivity contribution in [3.8, 4) is 0 Å². The van der Waals surface area contributed by atoms with Crippen molar-refractivity contribution < 1.29 is 44.2 Å². The van der Waals surface area contributed by atoms with Crippen molar-refractivity contribution in [2.24, 2.45) is 0 Å². The lowest BCUT2D eigenvalue weighted by atomic mass is 9.99. The molecule has 0 radical (unpaired) electrons. The first-order chi connectivity index (χ1) is 28.9. The van der Waals surface area contributed by atoms with Crippen LogP contribution >= 0.6 is 0 Å². The summed E-state index contributed by atoms with van der Waals surface area (Å²) < 4.78 is 22.8. The number of aliphatic hydroxyl groups excluding tert-OH is 4. The smallest absolute Gasteiger partial charge is 0.306 e. The van der Waals surface area contributed by atoms with Crippen LogP contribution in [0.25, 0.3) is 0 Å². The molecule has 0 aromatic heterocycles. The summed E-state index contributed by atoms with van der Waals surface area (Å²) in [4.78, 5) is 12.8. The number of ether oxygens (including phenoxy) is 4. The van der Waals surface area contributed by atoms with E-state index >= 15 is 0 Å². The molecule has 1 saturated heterocycles. The summed E-state index contributed by atoms with van der Waals surface area (Å²) in [5.41, 5.74) is 0. The summed E-state index contributed by atoms with van der Waals surface area (Å²) in [5.74, 6) is -0.322. The Morgan fingerprint density at radius 3 is 1.49 bits per heavy atom. The first-order valence-corrected chi connectivity index (χ1v) is 24.2. The van der Waals surface area contributed by atoms with E-state index in [0.717, 1.165) is 57.8 Å². The molecule has 1 rings (SSSR count). The minimum Gasteiger partial charge on any atom is -0.457 e. The number of aliphatic hydroxyl groups is 4. The number of carbonyl (C=O) groups excluding carboxylic acids is 1. The van der Waals surface area contributed by atoms with E-state index in [1.54, 1.807) is 0 Å². The Morgan fingerprint density at radius 2 is 0.983 bits per heavy atom. The van der Waals surface area contributed by atoms with Crippen molar-refractivity contribution in [2.45, 2.75) is 237 Å². The average molecular weight is 835 g/mol. The van der Waals surface area contributed by atoms with Crippen LogP contribution in [0.3, 0.4) is 0 Å². The minimum absolute atomic E-state index is 0.120. The van der Waals surface area contributed by atoms with Crippen LogP contribution in [-0.2, 0) is 23.7 Å². The molecule has 344 valence electrons. The van der Waals surface area contributed by atoms with Gasteiger partial charge >= 0.3 is 5.97 Å². The molecule has 1 fully saturated rings. The molecule has 0 spiro atoms. The second kappa shape index (κ2) is 41.5. The molecule has 0 aromatic rings. The lowest BCUT2D eigenvalue weighted by molar-refractivity contribution is -0.305. The normalized spacial score (nSPS) is 20.5. The zero-order valence-electron chi connectivity index (χ0n) is 37.7. The Morgan fingerprint density at radius 1 is 0.542 bits per heavy atom. The van der Waals surface area contributed by atoms with Gasteiger partial charge in [0, 0.05) is 13.0 Å². The summed E-state index contributed by atoms with van der Waals surface area (Å²) >= 11 is 0. The SMILES string of the molecule is CCCCC/C=C\C/C=C\CCCCCCCCCCCC(=O)OC(COCCCCCCCC/C=C\C/C=C\CCCCCC)COC1OC(CO)C(O)C(O)C1O. The molecule has 1 heterocycles. The molecule has 9 heteroatoms. The summed E-state index contributed by atoms with van der Waals surface area (Å²) in [5, 5.41) is 40.2. The molecule has 1 aliphatic rings. The molecule has 4 N–H and O–H groups in total. The van der Waals surface area contributed by atoms with Crippen LogP contribution < -0.4 is 0 Å². The van der Waals surface area contributed by atoms with Gasteiger partial charge in [0.1, 0.15) is 30.5 Å². The van der Waals surface area contributed by atoms with Crippen LogP contribution in [0.1, 0.15) is 200 Å². The molecule has 1 aliphatic heterocycles. The maximum absolute atomic E-state index is 12.8. The highest BCUT2D eigenvalue weighted by Gasteiger charge is 2.44. The van der Waals surface area contributed by atoms with Crippen LogP contribution in [0.15, 0.2) is 48.6 Å². The zero-order chi connectivity index (χ0) is 42.9. The Balaban J connectivity index is 2.25. The third-order valence-electron chi connectivity index (χ3n) is 11.0. The van der Waals surface area contributed by atoms with E-state index in [9.17, 15) is 25.2 Å². The van der Waals surface area contributed by atoms with Gasteiger partial charge in [0.05, 0.1) is 19.8 Å². The molecule has 0 bridgehead atoms. The fraction of sp³-hybridized carbons (Fsp3) is 0.820. The molecular weight excluding hydrogens is 745 g/mol. The summed E-state index contributed by atoms with van der Waals surface area (Å²) in [6, 6.07) is 0. The van der Waals surface area contributed by atoms with E-state index in [0.29, 0.717) is 13.0 Å². The van der Waals surface area contributed by atoms with Crippen molar-refractivity contribution in [3.63, 3.8) is 0 Å². The number of hydrogen-bond donors (Lipinski definition) is 4. The van der Waals surface area contributed by atoms with Gasteiger partial charge in [-0.15, -0.1) is 0 Å². The number of carbonyl (C=O) groups is 1. The summed E-state index contributed by atoms with van der Waals surface area (Å²) in [6.45, 7) is 4.50. The molecule has 6 atom stereocenters. The molecule has 59 heavy (non-hydrogen) atoms. The average Bonchev–Trinajstić information content (AvgIpc) is 3.24. The minimum atomic E-state index is -1.54. The molecule has 9 nitrogen and oxygen atoms in total. The van der Waals surface area contributed by atoms with E-state index in [4.69, 9.17) is 18.9 Å².